The SMILES string of the molecule is CSC1(CNc2nc(C(=O)O)co2)CCCCC1. The van der Waals surface area contributed by atoms with Gasteiger partial charge in [-0.15, -0.1) is 0 Å². The van der Waals surface area contributed by atoms with Crippen LogP contribution < -0.4 is 5.32 Å². The molecule has 0 radical (unpaired) electrons. The van der Waals surface area contributed by atoms with Crippen molar-refractivity contribution in [2.24, 2.45) is 0 Å². The van der Waals surface area contributed by atoms with Crippen LogP contribution in [0.15, 0.2) is 10.7 Å². The summed E-state index contributed by atoms with van der Waals surface area (Å²) in [6.45, 7) is 0.772. The zero-order valence-electron chi connectivity index (χ0n) is 10.4. The van der Waals surface area contributed by atoms with Gasteiger partial charge in [0.2, 0.25) is 0 Å². The summed E-state index contributed by atoms with van der Waals surface area (Å²) in [6, 6.07) is 0.298. The van der Waals surface area contributed by atoms with Crippen molar-refractivity contribution in [2.45, 2.75) is 36.9 Å². The van der Waals surface area contributed by atoms with Crippen LogP contribution in [0.25, 0.3) is 0 Å². The van der Waals surface area contributed by atoms with E-state index in [4.69, 9.17) is 9.52 Å². The first-order valence-corrected chi connectivity index (χ1v) is 7.35. The first-order valence-electron chi connectivity index (χ1n) is 6.13. The van der Waals surface area contributed by atoms with Crippen molar-refractivity contribution in [2.75, 3.05) is 18.1 Å². The molecule has 2 N–H and O–H groups in total. The Kier molecular flexibility index (Phi) is 4.16. The lowest BCUT2D eigenvalue weighted by atomic mass is 9.88. The number of carbonyl (C=O) groups is 1. The fourth-order valence-electron chi connectivity index (χ4n) is 2.34. The summed E-state index contributed by atoms with van der Waals surface area (Å²) in [4.78, 5) is 14.6. The lowest BCUT2D eigenvalue weighted by Gasteiger charge is -2.35. The van der Waals surface area contributed by atoms with Gasteiger partial charge in [0.1, 0.15) is 6.26 Å². The third-order valence-electron chi connectivity index (χ3n) is 3.48. The minimum atomic E-state index is -1.07. The Morgan fingerprint density at radius 1 is 1.56 bits per heavy atom. The highest BCUT2D eigenvalue weighted by molar-refractivity contribution is 8.00. The van der Waals surface area contributed by atoms with E-state index in [-0.39, 0.29) is 10.4 Å². The predicted octanol–water partition coefficient (Wildman–Crippen LogP) is 2.85. The molecule has 0 bridgehead atoms. The van der Waals surface area contributed by atoms with E-state index in [0.717, 1.165) is 12.8 Å². The van der Waals surface area contributed by atoms with E-state index >= 15 is 0 Å². The van der Waals surface area contributed by atoms with Crippen molar-refractivity contribution in [3.63, 3.8) is 0 Å². The van der Waals surface area contributed by atoms with E-state index in [1.54, 1.807) is 0 Å². The number of carboxylic acids is 1. The van der Waals surface area contributed by atoms with Gasteiger partial charge in [0.05, 0.1) is 0 Å². The quantitative estimate of drug-likeness (QED) is 0.857. The van der Waals surface area contributed by atoms with Crippen molar-refractivity contribution < 1.29 is 14.3 Å². The van der Waals surface area contributed by atoms with Gasteiger partial charge in [-0.05, 0) is 19.1 Å². The van der Waals surface area contributed by atoms with Crippen LogP contribution in [0, 0.1) is 0 Å². The van der Waals surface area contributed by atoms with Gasteiger partial charge in [0, 0.05) is 11.3 Å². The summed E-state index contributed by atoms with van der Waals surface area (Å²) in [5, 5.41) is 11.9. The largest absolute Gasteiger partial charge is 0.476 e. The fraction of sp³-hybridized carbons (Fsp3) is 0.667. The number of anilines is 1. The molecule has 1 saturated carbocycles. The number of rotatable bonds is 5. The van der Waals surface area contributed by atoms with E-state index in [9.17, 15) is 4.79 Å². The van der Waals surface area contributed by atoms with Crippen LogP contribution in [0.5, 0.6) is 0 Å². The molecular weight excluding hydrogens is 252 g/mol. The maximum Gasteiger partial charge on any atom is 0.357 e. The van der Waals surface area contributed by atoms with Crippen LogP contribution in [-0.4, -0.2) is 33.6 Å². The van der Waals surface area contributed by atoms with Crippen LogP contribution >= 0.6 is 11.8 Å². The molecule has 0 amide bonds. The van der Waals surface area contributed by atoms with Gasteiger partial charge in [-0.25, -0.2) is 4.79 Å². The van der Waals surface area contributed by atoms with E-state index in [1.165, 1.54) is 32.1 Å². The van der Waals surface area contributed by atoms with Crippen molar-refractivity contribution in [3.05, 3.63) is 12.0 Å². The van der Waals surface area contributed by atoms with Crippen LogP contribution in [-0.2, 0) is 0 Å². The van der Waals surface area contributed by atoms with Crippen molar-refractivity contribution in [1.29, 1.82) is 0 Å². The fourth-order valence-corrected chi connectivity index (χ4v) is 3.25. The van der Waals surface area contributed by atoms with Gasteiger partial charge in [0.15, 0.2) is 5.69 Å². The molecule has 1 aromatic rings. The molecule has 1 aliphatic rings. The van der Waals surface area contributed by atoms with Gasteiger partial charge in [-0.3, -0.25) is 0 Å². The van der Waals surface area contributed by atoms with Gasteiger partial charge >= 0.3 is 5.97 Å². The molecule has 0 saturated heterocycles. The van der Waals surface area contributed by atoms with E-state index < -0.39 is 5.97 Å². The van der Waals surface area contributed by atoms with Gasteiger partial charge in [-0.2, -0.15) is 16.7 Å². The van der Waals surface area contributed by atoms with E-state index in [0.29, 0.717) is 6.01 Å². The first kappa shape index (κ1) is 13.3. The second-order valence-corrected chi connectivity index (χ2v) is 5.92. The number of hydrogen-bond donors (Lipinski definition) is 2. The monoisotopic (exact) mass is 270 g/mol. The number of carboxylic acid groups (broad SMARTS) is 1. The maximum absolute atomic E-state index is 10.7. The van der Waals surface area contributed by atoms with Crippen molar-refractivity contribution >= 4 is 23.7 Å². The van der Waals surface area contributed by atoms with Crippen molar-refractivity contribution in [3.8, 4) is 0 Å². The predicted molar refractivity (Wildman–Crippen MR) is 71.3 cm³/mol. The van der Waals surface area contributed by atoms with E-state index in [1.807, 2.05) is 11.8 Å². The molecule has 1 fully saturated rings. The van der Waals surface area contributed by atoms with E-state index in [2.05, 4.69) is 16.6 Å². The Morgan fingerprint density at radius 2 is 2.28 bits per heavy atom. The van der Waals surface area contributed by atoms with Crippen LogP contribution in [0.2, 0.25) is 0 Å². The Morgan fingerprint density at radius 3 is 2.83 bits per heavy atom. The molecule has 1 aliphatic carbocycles. The Hall–Kier alpha value is -1.17. The molecule has 6 heteroatoms. The summed E-state index contributed by atoms with van der Waals surface area (Å²) in [5.41, 5.74) is -0.0562. The van der Waals surface area contributed by atoms with Crippen molar-refractivity contribution in [1.82, 2.24) is 4.98 Å². The molecule has 0 spiro atoms. The average Bonchev–Trinajstić information content (AvgIpc) is 2.87. The molecule has 2 rings (SSSR count). The summed E-state index contributed by atoms with van der Waals surface area (Å²) in [7, 11) is 0. The average molecular weight is 270 g/mol. The highest BCUT2D eigenvalue weighted by Gasteiger charge is 2.31. The standard InChI is InChI=1S/C12H18N2O3S/c1-18-12(5-3-2-4-6-12)8-13-11-14-9(7-17-11)10(15)16/h7H,2-6,8H2,1H3,(H,13,14)(H,15,16). The lowest BCUT2D eigenvalue weighted by Crippen LogP contribution is -2.35. The summed E-state index contributed by atoms with van der Waals surface area (Å²) < 4.78 is 5.33. The molecule has 5 nitrogen and oxygen atoms in total. The van der Waals surface area contributed by atoms with Gasteiger partial charge < -0.3 is 14.8 Å². The smallest absolute Gasteiger partial charge is 0.357 e. The molecular formula is C12H18N2O3S. The third-order valence-corrected chi connectivity index (χ3v) is 4.90. The first-order chi connectivity index (χ1) is 8.65. The normalized spacial score (nSPS) is 18.5. The molecule has 100 valence electrons. The summed E-state index contributed by atoms with van der Waals surface area (Å²) >= 11 is 1.88. The maximum atomic E-state index is 10.7. The topological polar surface area (TPSA) is 75.4 Å². The zero-order chi connectivity index (χ0) is 13.0. The molecule has 0 aliphatic heterocycles. The zero-order valence-corrected chi connectivity index (χ0v) is 11.3. The molecule has 18 heavy (non-hydrogen) atoms. The Balaban J connectivity index is 1.94. The molecule has 0 atom stereocenters. The molecule has 1 heterocycles. The number of thioether (sulfide) groups is 1. The van der Waals surface area contributed by atoms with Crippen LogP contribution in [0.4, 0.5) is 6.01 Å². The summed E-state index contributed by atoms with van der Waals surface area (Å²) in [5.74, 6) is -1.07. The second kappa shape index (κ2) is 5.65. The molecule has 1 aromatic heterocycles. The number of hydrogen-bond acceptors (Lipinski definition) is 5. The molecule has 0 aromatic carbocycles. The number of oxazole rings is 1. The van der Waals surface area contributed by atoms with Gasteiger partial charge in [0.25, 0.3) is 6.01 Å². The minimum Gasteiger partial charge on any atom is -0.476 e. The number of nitrogens with zero attached hydrogens (tertiary/aromatic N) is 1. The third kappa shape index (κ3) is 2.98. The minimum absolute atomic E-state index is 0.0562. The highest BCUT2D eigenvalue weighted by atomic mass is 32.2. The van der Waals surface area contributed by atoms with Crippen LogP contribution in [0.1, 0.15) is 42.6 Å². The number of nitrogens with one attached hydrogen (secondary N) is 1. The number of aromatic nitrogens is 1. The lowest BCUT2D eigenvalue weighted by molar-refractivity contribution is 0.0690. The van der Waals surface area contributed by atoms with Gasteiger partial charge in [-0.1, -0.05) is 19.3 Å². The Bertz CT molecular complexity index is 413. The summed E-state index contributed by atoms with van der Waals surface area (Å²) in [6.07, 6.45) is 9.50. The second-order valence-electron chi connectivity index (χ2n) is 4.64. The molecule has 0 unspecified atom stereocenters. The Labute approximate surface area is 110 Å². The highest BCUT2D eigenvalue weighted by Crippen LogP contribution is 2.38. The van der Waals surface area contributed by atoms with Crippen LogP contribution in [0.3, 0.4) is 0 Å². The number of aromatic carboxylic acids is 1.